The van der Waals surface area contributed by atoms with E-state index in [-0.39, 0.29) is 5.91 Å². The third kappa shape index (κ3) is 4.51. The summed E-state index contributed by atoms with van der Waals surface area (Å²) in [6.07, 6.45) is 1.72. The molecule has 0 aromatic heterocycles. The van der Waals surface area contributed by atoms with Crippen LogP contribution in [-0.4, -0.2) is 18.2 Å². The van der Waals surface area contributed by atoms with Crippen molar-refractivity contribution in [3.8, 4) is 5.75 Å². The Bertz CT molecular complexity index is 959. The van der Waals surface area contributed by atoms with E-state index in [1.54, 1.807) is 18.2 Å². The average Bonchev–Trinajstić information content (AvgIpc) is 2.91. The maximum Gasteiger partial charge on any atom is 0.264 e. The first-order valence-corrected chi connectivity index (χ1v) is 10.2. The summed E-state index contributed by atoms with van der Waals surface area (Å²) < 4.78 is 6.20. The topological polar surface area (TPSA) is 50.7 Å². The molecule has 1 amide bonds. The zero-order valence-corrected chi connectivity index (χ0v) is 18.6. The molecule has 1 fully saturated rings. The van der Waals surface area contributed by atoms with Gasteiger partial charge in [0.15, 0.2) is 10.9 Å². The highest BCUT2D eigenvalue weighted by Gasteiger charge is 2.24. The van der Waals surface area contributed by atoms with Gasteiger partial charge in [-0.25, -0.2) is 4.99 Å². The van der Waals surface area contributed by atoms with Crippen molar-refractivity contribution in [2.45, 2.75) is 13.8 Å². The molecule has 0 saturated carbocycles. The van der Waals surface area contributed by atoms with E-state index in [9.17, 15) is 4.79 Å². The molecule has 1 aliphatic rings. The number of nitrogens with one attached hydrogen (secondary N) is 1. The Balaban J connectivity index is 1.89. The molecule has 8 heteroatoms. The van der Waals surface area contributed by atoms with Crippen LogP contribution in [0.15, 0.2) is 38.6 Å². The Morgan fingerprint density at radius 1 is 1.15 bits per heavy atom. The van der Waals surface area contributed by atoms with Gasteiger partial charge in [0.25, 0.3) is 5.91 Å². The summed E-state index contributed by atoms with van der Waals surface area (Å²) in [5.41, 5.74) is 3.66. The van der Waals surface area contributed by atoms with Crippen LogP contribution in [0.3, 0.4) is 0 Å². The Morgan fingerprint density at radius 3 is 2.30 bits per heavy atom. The van der Waals surface area contributed by atoms with Gasteiger partial charge in [0.2, 0.25) is 0 Å². The first kappa shape index (κ1) is 20.3. The number of hydrogen-bond acceptors (Lipinski definition) is 4. The number of benzene rings is 2. The Hall–Kier alpha value is -1.47. The molecule has 3 rings (SSSR count). The number of carbonyl (C=O) groups excluding carboxylic acids is 1. The van der Waals surface area contributed by atoms with E-state index in [1.807, 2.05) is 26.0 Å². The quantitative estimate of drug-likeness (QED) is 0.521. The van der Waals surface area contributed by atoms with Crippen molar-refractivity contribution in [1.29, 1.82) is 0 Å². The summed E-state index contributed by atoms with van der Waals surface area (Å²) in [7, 11) is 1.50. The van der Waals surface area contributed by atoms with E-state index < -0.39 is 0 Å². The number of nitrogens with zero attached hydrogens (tertiary/aromatic N) is 1. The van der Waals surface area contributed by atoms with Crippen LogP contribution in [0.5, 0.6) is 5.75 Å². The first-order valence-electron chi connectivity index (χ1n) is 7.88. The number of ether oxygens (including phenoxy) is 1. The lowest BCUT2D eigenvalue weighted by molar-refractivity contribution is -0.115. The summed E-state index contributed by atoms with van der Waals surface area (Å²) in [4.78, 5) is 17.3. The van der Waals surface area contributed by atoms with Gasteiger partial charge in [-0.15, -0.1) is 0 Å². The molecule has 2 aromatic rings. The van der Waals surface area contributed by atoms with Gasteiger partial charge in [-0.1, -0.05) is 39.1 Å². The van der Waals surface area contributed by atoms with Crippen molar-refractivity contribution in [3.63, 3.8) is 0 Å². The van der Waals surface area contributed by atoms with E-state index in [1.165, 1.54) is 18.9 Å². The minimum atomic E-state index is -0.215. The molecular weight excluding hydrogens is 471 g/mol. The molecule has 0 aliphatic carbocycles. The van der Waals surface area contributed by atoms with Gasteiger partial charge in [0.05, 0.1) is 27.7 Å². The number of rotatable bonds is 3. The van der Waals surface area contributed by atoms with Crippen LogP contribution in [0.4, 0.5) is 5.69 Å². The molecule has 1 aliphatic heterocycles. The predicted octanol–water partition coefficient (Wildman–Crippen LogP) is 6.27. The second-order valence-electron chi connectivity index (χ2n) is 5.89. The maximum atomic E-state index is 12.3. The van der Waals surface area contributed by atoms with Crippen LogP contribution >= 0.6 is 50.9 Å². The largest absolute Gasteiger partial charge is 0.494 e. The Kier molecular flexibility index (Phi) is 6.21. The van der Waals surface area contributed by atoms with Crippen LogP contribution in [0, 0.1) is 13.8 Å². The molecule has 1 heterocycles. The van der Waals surface area contributed by atoms with E-state index in [2.05, 4.69) is 26.2 Å². The minimum Gasteiger partial charge on any atom is -0.494 e. The molecule has 0 bridgehead atoms. The number of aliphatic imine (C=N–C) groups is 1. The van der Waals surface area contributed by atoms with E-state index in [4.69, 9.17) is 27.9 Å². The van der Waals surface area contributed by atoms with Crippen LogP contribution in [0.1, 0.15) is 16.7 Å². The molecule has 0 spiro atoms. The first-order chi connectivity index (χ1) is 12.8. The lowest BCUT2D eigenvalue weighted by Crippen LogP contribution is -2.19. The molecule has 1 saturated heterocycles. The number of methoxy groups -OCH3 is 1. The van der Waals surface area contributed by atoms with Gasteiger partial charge in [0.1, 0.15) is 0 Å². The highest BCUT2D eigenvalue weighted by Crippen LogP contribution is 2.36. The zero-order valence-electron chi connectivity index (χ0n) is 14.7. The van der Waals surface area contributed by atoms with Crippen molar-refractivity contribution < 1.29 is 9.53 Å². The molecule has 0 radical (unpaired) electrons. The van der Waals surface area contributed by atoms with E-state index >= 15 is 0 Å². The van der Waals surface area contributed by atoms with Gasteiger partial charge >= 0.3 is 0 Å². The van der Waals surface area contributed by atoms with Crippen LogP contribution < -0.4 is 10.1 Å². The number of hydrogen-bond donors (Lipinski definition) is 1. The van der Waals surface area contributed by atoms with Gasteiger partial charge in [-0.05, 0) is 72.6 Å². The van der Waals surface area contributed by atoms with Crippen molar-refractivity contribution in [1.82, 2.24) is 5.32 Å². The number of halogens is 3. The SMILES string of the molecule is COc1c(Cl)cc(/C=C2\SC(=Nc3cc(C)c(Br)c(C)c3)NC2=O)cc1Cl. The molecule has 4 nitrogen and oxygen atoms in total. The Labute approximate surface area is 180 Å². The number of amidine groups is 1. The van der Waals surface area contributed by atoms with Crippen molar-refractivity contribution in [2.24, 2.45) is 4.99 Å². The molecule has 0 unspecified atom stereocenters. The van der Waals surface area contributed by atoms with Crippen molar-refractivity contribution in [2.75, 3.05) is 7.11 Å². The fourth-order valence-electron chi connectivity index (χ4n) is 2.59. The minimum absolute atomic E-state index is 0.215. The summed E-state index contributed by atoms with van der Waals surface area (Å²) in [6, 6.07) is 7.32. The molecular formula is C19H15BrCl2N2O2S. The smallest absolute Gasteiger partial charge is 0.264 e. The normalized spacial score (nSPS) is 16.9. The summed E-state index contributed by atoms with van der Waals surface area (Å²) in [5, 5.41) is 4.08. The predicted molar refractivity (Wildman–Crippen MR) is 117 cm³/mol. The maximum absolute atomic E-state index is 12.3. The van der Waals surface area contributed by atoms with Crippen LogP contribution in [0.25, 0.3) is 6.08 Å². The van der Waals surface area contributed by atoms with E-state index in [0.29, 0.717) is 31.4 Å². The number of amides is 1. The lowest BCUT2D eigenvalue weighted by atomic mass is 10.1. The molecule has 0 atom stereocenters. The molecule has 27 heavy (non-hydrogen) atoms. The van der Waals surface area contributed by atoms with Gasteiger partial charge in [-0.2, -0.15) is 0 Å². The summed E-state index contributed by atoms with van der Waals surface area (Å²) >= 11 is 17.1. The fourth-order valence-corrected chi connectivity index (χ4v) is 4.32. The third-order valence-corrected chi connectivity index (χ3v) is 6.55. The van der Waals surface area contributed by atoms with E-state index in [0.717, 1.165) is 21.3 Å². The molecule has 140 valence electrons. The Morgan fingerprint density at radius 2 is 1.74 bits per heavy atom. The zero-order chi connectivity index (χ0) is 19.7. The third-order valence-electron chi connectivity index (χ3n) is 3.83. The van der Waals surface area contributed by atoms with Gasteiger partial charge in [0, 0.05) is 4.47 Å². The highest BCUT2D eigenvalue weighted by molar-refractivity contribution is 9.10. The standard InChI is InChI=1S/C19H15BrCl2N2O2S/c1-9-4-12(5-10(2)16(9)20)23-19-24-18(25)15(27-19)8-11-6-13(21)17(26-3)14(22)7-11/h4-8H,1-3H3,(H,23,24,25)/b15-8-. The molecule has 2 aromatic carbocycles. The number of carbonyl (C=O) groups is 1. The van der Waals surface area contributed by atoms with Crippen molar-refractivity contribution in [3.05, 3.63) is 60.4 Å². The highest BCUT2D eigenvalue weighted by atomic mass is 79.9. The number of aryl methyl sites for hydroxylation is 2. The summed E-state index contributed by atoms with van der Waals surface area (Å²) in [5.74, 6) is 0.194. The summed E-state index contributed by atoms with van der Waals surface area (Å²) in [6.45, 7) is 4.01. The van der Waals surface area contributed by atoms with Gasteiger partial charge in [-0.3, -0.25) is 4.79 Å². The van der Waals surface area contributed by atoms with Gasteiger partial charge < -0.3 is 10.1 Å². The van der Waals surface area contributed by atoms with Crippen LogP contribution in [0.2, 0.25) is 10.0 Å². The fraction of sp³-hybridized carbons (Fsp3) is 0.158. The molecule has 1 N–H and O–H groups in total. The monoisotopic (exact) mass is 484 g/mol. The second kappa shape index (κ2) is 8.27. The number of thioether (sulfide) groups is 1. The lowest BCUT2D eigenvalue weighted by Gasteiger charge is -2.06. The van der Waals surface area contributed by atoms with Crippen molar-refractivity contribution >= 4 is 73.7 Å². The second-order valence-corrected chi connectivity index (χ2v) is 8.53. The average molecular weight is 486 g/mol. The van der Waals surface area contributed by atoms with Crippen LogP contribution in [-0.2, 0) is 4.79 Å².